The summed E-state index contributed by atoms with van der Waals surface area (Å²) >= 11 is 0. The second-order valence-corrected chi connectivity index (χ2v) is 7.56. The fraction of sp³-hybridized carbons (Fsp3) is 0.500. The fourth-order valence-electron chi connectivity index (χ4n) is 3.33. The topological polar surface area (TPSA) is 71.4 Å². The minimum Gasteiger partial charge on any atom is -0.481 e. The Morgan fingerprint density at radius 2 is 1.89 bits per heavy atom. The van der Waals surface area contributed by atoms with Crippen molar-refractivity contribution in [3.05, 3.63) is 29.3 Å². The van der Waals surface area contributed by atoms with Crippen LogP contribution < -0.4 is 0 Å². The molecule has 102 valence electrons. The van der Waals surface area contributed by atoms with Gasteiger partial charge in [0.25, 0.3) is 0 Å². The summed E-state index contributed by atoms with van der Waals surface area (Å²) in [6, 6.07) is 5.09. The normalized spacial score (nSPS) is 23.2. The number of sulfone groups is 1. The molecule has 0 unspecified atom stereocenters. The first-order chi connectivity index (χ1) is 8.96. The Kier molecular flexibility index (Phi) is 2.71. The summed E-state index contributed by atoms with van der Waals surface area (Å²) in [5.74, 6) is -0.642. The molecule has 1 aliphatic heterocycles. The number of benzene rings is 1. The average molecular weight is 280 g/mol. The molecule has 1 aromatic rings. The first kappa shape index (κ1) is 12.7. The summed E-state index contributed by atoms with van der Waals surface area (Å²) in [5.41, 5.74) is 0.750. The van der Waals surface area contributed by atoms with E-state index in [1.54, 1.807) is 18.2 Å². The van der Waals surface area contributed by atoms with Crippen molar-refractivity contribution in [1.82, 2.24) is 0 Å². The van der Waals surface area contributed by atoms with Crippen LogP contribution in [0.25, 0.3) is 0 Å². The summed E-state index contributed by atoms with van der Waals surface area (Å²) in [4.78, 5) is 12.0. The van der Waals surface area contributed by atoms with Crippen molar-refractivity contribution in [1.29, 1.82) is 0 Å². The van der Waals surface area contributed by atoms with E-state index in [9.17, 15) is 18.3 Å². The Labute approximate surface area is 112 Å². The van der Waals surface area contributed by atoms with E-state index in [4.69, 9.17) is 0 Å². The van der Waals surface area contributed by atoms with Gasteiger partial charge in [0.05, 0.1) is 16.1 Å². The summed E-state index contributed by atoms with van der Waals surface area (Å²) in [5, 5.41) is 9.55. The van der Waals surface area contributed by atoms with E-state index in [1.807, 2.05) is 0 Å². The van der Waals surface area contributed by atoms with Crippen LogP contribution >= 0.6 is 0 Å². The highest BCUT2D eigenvalue weighted by atomic mass is 32.2. The molecular weight excluding hydrogens is 264 g/mol. The van der Waals surface area contributed by atoms with E-state index < -0.39 is 21.2 Å². The molecule has 19 heavy (non-hydrogen) atoms. The number of carboxylic acid groups (broad SMARTS) is 1. The Bertz CT molecular complexity index is 639. The van der Waals surface area contributed by atoms with Gasteiger partial charge in [0.2, 0.25) is 0 Å². The van der Waals surface area contributed by atoms with Gasteiger partial charge in [-0.2, -0.15) is 0 Å². The average Bonchev–Trinajstić information content (AvgIpc) is 2.96. The number of carboxylic acids is 1. The van der Waals surface area contributed by atoms with Crippen LogP contribution in [0.2, 0.25) is 0 Å². The predicted molar refractivity (Wildman–Crippen MR) is 70.0 cm³/mol. The lowest BCUT2D eigenvalue weighted by molar-refractivity contribution is -0.143. The van der Waals surface area contributed by atoms with Crippen molar-refractivity contribution in [2.75, 3.05) is 5.75 Å². The van der Waals surface area contributed by atoms with Crippen LogP contribution in [0.5, 0.6) is 0 Å². The first-order valence-corrected chi connectivity index (χ1v) is 8.20. The van der Waals surface area contributed by atoms with E-state index in [2.05, 4.69) is 0 Å². The second kappa shape index (κ2) is 4.07. The molecule has 4 nitrogen and oxygen atoms in total. The number of aryl methyl sites for hydroxylation is 1. The van der Waals surface area contributed by atoms with E-state index >= 15 is 0 Å². The lowest BCUT2D eigenvalue weighted by Gasteiger charge is -2.24. The molecule has 1 fully saturated rings. The van der Waals surface area contributed by atoms with Gasteiger partial charge in [0, 0.05) is 0 Å². The monoisotopic (exact) mass is 280 g/mol. The van der Waals surface area contributed by atoms with Crippen molar-refractivity contribution in [3.8, 4) is 0 Å². The van der Waals surface area contributed by atoms with Gasteiger partial charge in [-0.05, 0) is 36.5 Å². The highest BCUT2D eigenvalue weighted by Crippen LogP contribution is 2.42. The summed E-state index contributed by atoms with van der Waals surface area (Å²) < 4.78 is 23.6. The molecule has 0 spiro atoms. The molecule has 5 heteroatoms. The largest absolute Gasteiger partial charge is 0.481 e. The molecule has 3 rings (SSSR count). The van der Waals surface area contributed by atoms with E-state index in [0.717, 1.165) is 24.0 Å². The summed E-state index contributed by atoms with van der Waals surface area (Å²) in [6.07, 6.45) is 3.63. The molecule has 1 aromatic carbocycles. The quantitative estimate of drug-likeness (QED) is 0.898. The minimum absolute atomic E-state index is 0.145. The van der Waals surface area contributed by atoms with Crippen molar-refractivity contribution >= 4 is 15.8 Å². The molecule has 1 saturated carbocycles. The van der Waals surface area contributed by atoms with Crippen LogP contribution in [-0.2, 0) is 26.5 Å². The Hall–Kier alpha value is -1.36. The van der Waals surface area contributed by atoms with Gasteiger partial charge >= 0.3 is 5.97 Å². The van der Waals surface area contributed by atoms with Gasteiger partial charge < -0.3 is 5.11 Å². The standard InChI is InChI=1S/C14H16O4S/c15-13(16)14(6-1-2-7-14)11-3-4-12-10(9-11)5-8-19(12,17)18/h3-4,9H,1-2,5-8H2,(H,15,16). The molecular formula is C14H16O4S. The molecule has 0 amide bonds. The number of fused-ring (bicyclic) bond motifs is 1. The number of hydrogen-bond donors (Lipinski definition) is 1. The van der Waals surface area contributed by atoms with E-state index in [0.29, 0.717) is 24.2 Å². The molecule has 0 atom stereocenters. The third kappa shape index (κ3) is 1.79. The van der Waals surface area contributed by atoms with Crippen LogP contribution in [0.1, 0.15) is 36.8 Å². The fourth-order valence-corrected chi connectivity index (χ4v) is 4.88. The van der Waals surface area contributed by atoms with Crippen LogP contribution in [-0.4, -0.2) is 25.2 Å². The minimum atomic E-state index is -3.13. The van der Waals surface area contributed by atoms with Gasteiger partial charge in [0.15, 0.2) is 9.84 Å². The zero-order valence-corrected chi connectivity index (χ0v) is 11.4. The molecule has 1 heterocycles. The first-order valence-electron chi connectivity index (χ1n) is 6.55. The van der Waals surface area contributed by atoms with Crippen molar-refractivity contribution in [2.24, 2.45) is 0 Å². The van der Waals surface area contributed by atoms with E-state index in [1.165, 1.54) is 0 Å². The predicted octanol–water partition coefficient (Wildman–Crippen LogP) is 1.91. The van der Waals surface area contributed by atoms with Gasteiger partial charge in [0.1, 0.15) is 0 Å². The number of carbonyl (C=O) groups is 1. The molecule has 0 aromatic heterocycles. The van der Waals surface area contributed by atoms with Gasteiger partial charge in [-0.3, -0.25) is 4.79 Å². The Morgan fingerprint density at radius 1 is 1.21 bits per heavy atom. The number of hydrogen-bond acceptors (Lipinski definition) is 3. The van der Waals surface area contributed by atoms with Gasteiger partial charge in [-0.15, -0.1) is 0 Å². The van der Waals surface area contributed by atoms with Gasteiger partial charge in [-0.1, -0.05) is 25.0 Å². The molecule has 0 radical (unpaired) electrons. The smallest absolute Gasteiger partial charge is 0.314 e. The SMILES string of the molecule is O=C(O)C1(c2ccc3c(c2)CCS3(=O)=O)CCCC1. The van der Waals surface area contributed by atoms with Gasteiger partial charge in [-0.25, -0.2) is 8.42 Å². The zero-order chi connectivity index (χ0) is 13.7. The number of aliphatic carboxylic acids is 1. The maximum atomic E-state index is 11.8. The molecule has 2 aliphatic rings. The summed E-state index contributed by atoms with van der Waals surface area (Å²) in [6.45, 7) is 0. The molecule has 1 aliphatic carbocycles. The number of rotatable bonds is 2. The molecule has 0 bridgehead atoms. The molecule has 0 saturated heterocycles. The maximum absolute atomic E-state index is 11.8. The second-order valence-electron chi connectivity index (χ2n) is 5.49. The van der Waals surface area contributed by atoms with Crippen LogP contribution in [0.3, 0.4) is 0 Å². The van der Waals surface area contributed by atoms with Crippen LogP contribution in [0.15, 0.2) is 23.1 Å². The zero-order valence-electron chi connectivity index (χ0n) is 10.6. The summed E-state index contributed by atoms with van der Waals surface area (Å²) in [7, 11) is -3.13. The van der Waals surface area contributed by atoms with Crippen LogP contribution in [0, 0.1) is 0 Å². The Morgan fingerprint density at radius 3 is 2.53 bits per heavy atom. The highest BCUT2D eigenvalue weighted by Gasteiger charge is 2.43. The van der Waals surface area contributed by atoms with Crippen molar-refractivity contribution in [3.63, 3.8) is 0 Å². The lowest BCUT2D eigenvalue weighted by Crippen LogP contribution is -2.32. The van der Waals surface area contributed by atoms with E-state index in [-0.39, 0.29) is 5.75 Å². The maximum Gasteiger partial charge on any atom is 0.314 e. The highest BCUT2D eigenvalue weighted by molar-refractivity contribution is 7.91. The van der Waals surface area contributed by atoms with Crippen molar-refractivity contribution in [2.45, 2.75) is 42.4 Å². The third-order valence-corrected chi connectivity index (χ3v) is 6.26. The molecule has 1 N–H and O–H groups in total. The third-order valence-electron chi connectivity index (χ3n) is 4.45. The van der Waals surface area contributed by atoms with Crippen molar-refractivity contribution < 1.29 is 18.3 Å². The Balaban J connectivity index is 2.11. The van der Waals surface area contributed by atoms with Crippen LogP contribution in [0.4, 0.5) is 0 Å². The lowest BCUT2D eigenvalue weighted by atomic mass is 9.78.